The molecule has 0 bridgehead atoms. The van der Waals surface area contributed by atoms with Gasteiger partial charge in [-0.2, -0.15) is 0 Å². The van der Waals surface area contributed by atoms with Crippen LogP contribution in [0.4, 0.5) is 0 Å². The van der Waals surface area contributed by atoms with Gasteiger partial charge in [-0.25, -0.2) is 0 Å². The van der Waals surface area contributed by atoms with E-state index in [1.165, 1.54) is 0 Å². The molecule has 15 heavy (non-hydrogen) atoms. The number of halogens is 1. The molecule has 1 rings (SSSR count). The van der Waals surface area contributed by atoms with Crippen molar-refractivity contribution in [3.63, 3.8) is 0 Å². The van der Waals surface area contributed by atoms with Crippen LogP contribution in [-0.4, -0.2) is 5.24 Å². The van der Waals surface area contributed by atoms with Crippen molar-refractivity contribution in [1.29, 1.82) is 0 Å². The van der Waals surface area contributed by atoms with E-state index in [9.17, 15) is 4.79 Å². The van der Waals surface area contributed by atoms with Gasteiger partial charge in [-0.15, -0.1) is 0 Å². The van der Waals surface area contributed by atoms with Crippen LogP contribution in [0.1, 0.15) is 32.8 Å². The Balaban J connectivity index is 3.07. The van der Waals surface area contributed by atoms with Crippen molar-refractivity contribution in [2.45, 2.75) is 32.6 Å². The Hall–Kier alpha value is -0.820. The van der Waals surface area contributed by atoms with Crippen molar-refractivity contribution in [3.8, 4) is 0 Å². The molecule has 1 aromatic carbocycles. The average molecular weight is 225 g/mol. The molecule has 1 aromatic rings. The monoisotopic (exact) mass is 224 g/mol. The molecular weight excluding hydrogens is 208 g/mol. The molecule has 0 saturated heterocycles. The summed E-state index contributed by atoms with van der Waals surface area (Å²) in [5, 5.41) is -0.276. The standard InChI is InChI=1S/C13H17ClO/c1-10(2)9-13(3,12(14)15)11-7-5-4-6-8-11/h4-8,10H,9H2,1-3H3. The topological polar surface area (TPSA) is 17.1 Å². The summed E-state index contributed by atoms with van der Waals surface area (Å²) in [4.78, 5) is 11.6. The van der Waals surface area contributed by atoms with Gasteiger partial charge >= 0.3 is 0 Å². The molecule has 1 nitrogen and oxygen atoms in total. The molecule has 0 radical (unpaired) electrons. The van der Waals surface area contributed by atoms with Crippen LogP contribution in [0.25, 0.3) is 0 Å². The fourth-order valence-electron chi connectivity index (χ4n) is 1.93. The van der Waals surface area contributed by atoms with E-state index in [0.29, 0.717) is 5.92 Å². The number of carbonyl (C=O) groups excluding carboxylic acids is 1. The highest BCUT2D eigenvalue weighted by Crippen LogP contribution is 2.33. The number of rotatable bonds is 4. The van der Waals surface area contributed by atoms with Crippen LogP contribution < -0.4 is 0 Å². The van der Waals surface area contributed by atoms with Gasteiger partial charge in [0.1, 0.15) is 0 Å². The molecule has 0 spiro atoms. The molecule has 0 saturated carbocycles. The molecule has 0 aliphatic heterocycles. The van der Waals surface area contributed by atoms with Crippen molar-refractivity contribution in [3.05, 3.63) is 35.9 Å². The number of benzene rings is 1. The minimum absolute atomic E-state index is 0.276. The molecule has 0 heterocycles. The maximum absolute atomic E-state index is 11.6. The lowest BCUT2D eigenvalue weighted by Crippen LogP contribution is -2.30. The summed E-state index contributed by atoms with van der Waals surface area (Å²) in [7, 11) is 0. The molecule has 0 aliphatic rings. The number of hydrogen-bond acceptors (Lipinski definition) is 1. The molecule has 82 valence electrons. The van der Waals surface area contributed by atoms with Crippen molar-refractivity contribution in [2.24, 2.45) is 5.92 Å². The molecule has 0 fully saturated rings. The van der Waals surface area contributed by atoms with E-state index in [0.717, 1.165) is 12.0 Å². The molecule has 1 unspecified atom stereocenters. The second-order valence-electron chi connectivity index (χ2n) is 4.57. The van der Waals surface area contributed by atoms with E-state index in [1.54, 1.807) is 0 Å². The Labute approximate surface area is 96.5 Å². The zero-order valence-electron chi connectivity index (χ0n) is 9.46. The van der Waals surface area contributed by atoms with Crippen LogP contribution in [0.3, 0.4) is 0 Å². The van der Waals surface area contributed by atoms with E-state index in [2.05, 4.69) is 13.8 Å². The predicted octanol–water partition coefficient (Wildman–Crippen LogP) is 3.76. The van der Waals surface area contributed by atoms with Gasteiger partial charge < -0.3 is 0 Å². The Morgan fingerprint density at radius 2 is 1.87 bits per heavy atom. The molecule has 2 heteroatoms. The molecule has 0 amide bonds. The van der Waals surface area contributed by atoms with Crippen LogP contribution in [0, 0.1) is 5.92 Å². The van der Waals surface area contributed by atoms with Gasteiger partial charge in [-0.1, -0.05) is 44.2 Å². The summed E-state index contributed by atoms with van der Waals surface area (Å²) >= 11 is 5.72. The summed E-state index contributed by atoms with van der Waals surface area (Å²) < 4.78 is 0. The minimum Gasteiger partial charge on any atom is -0.280 e. The van der Waals surface area contributed by atoms with Crippen LogP contribution in [-0.2, 0) is 10.2 Å². The molecule has 0 aromatic heterocycles. The van der Waals surface area contributed by atoms with E-state index in [-0.39, 0.29) is 5.24 Å². The third-order valence-electron chi connectivity index (χ3n) is 2.66. The number of hydrogen-bond donors (Lipinski definition) is 0. The van der Waals surface area contributed by atoms with Crippen LogP contribution in [0.2, 0.25) is 0 Å². The fourth-order valence-corrected chi connectivity index (χ4v) is 2.12. The molecule has 1 atom stereocenters. The molecular formula is C13H17ClO. The Morgan fingerprint density at radius 1 is 1.33 bits per heavy atom. The number of carbonyl (C=O) groups is 1. The summed E-state index contributed by atoms with van der Waals surface area (Å²) in [5.74, 6) is 0.443. The first-order valence-electron chi connectivity index (χ1n) is 5.22. The van der Waals surface area contributed by atoms with Crippen molar-refractivity contribution in [1.82, 2.24) is 0 Å². The Bertz CT molecular complexity index is 332. The quantitative estimate of drug-likeness (QED) is 0.712. The van der Waals surface area contributed by atoms with Gasteiger partial charge in [0.2, 0.25) is 5.24 Å². The van der Waals surface area contributed by atoms with Gasteiger partial charge in [-0.3, -0.25) is 4.79 Å². The summed E-state index contributed by atoms with van der Waals surface area (Å²) in [5.41, 5.74) is 0.440. The van der Waals surface area contributed by atoms with Crippen LogP contribution >= 0.6 is 11.6 Å². The first-order valence-corrected chi connectivity index (χ1v) is 5.60. The average Bonchev–Trinajstić information content (AvgIpc) is 2.17. The van der Waals surface area contributed by atoms with Gasteiger partial charge in [-0.05, 0) is 36.4 Å². The lowest BCUT2D eigenvalue weighted by atomic mass is 9.77. The zero-order valence-corrected chi connectivity index (χ0v) is 10.2. The maximum atomic E-state index is 11.6. The van der Waals surface area contributed by atoms with Crippen LogP contribution in [0.5, 0.6) is 0 Å². The van der Waals surface area contributed by atoms with Gasteiger partial charge in [0.25, 0.3) is 0 Å². The fraction of sp³-hybridized carbons (Fsp3) is 0.462. The highest BCUT2D eigenvalue weighted by atomic mass is 35.5. The Kier molecular flexibility index (Phi) is 3.92. The first-order chi connectivity index (χ1) is 6.97. The molecule has 0 aliphatic carbocycles. The van der Waals surface area contributed by atoms with E-state index in [4.69, 9.17) is 11.6 Å². The highest BCUT2D eigenvalue weighted by molar-refractivity contribution is 6.65. The predicted molar refractivity (Wildman–Crippen MR) is 64.1 cm³/mol. The van der Waals surface area contributed by atoms with E-state index >= 15 is 0 Å². The highest BCUT2D eigenvalue weighted by Gasteiger charge is 2.34. The third kappa shape index (κ3) is 2.82. The van der Waals surface area contributed by atoms with E-state index < -0.39 is 5.41 Å². The summed E-state index contributed by atoms with van der Waals surface area (Å²) in [6.07, 6.45) is 0.777. The van der Waals surface area contributed by atoms with Crippen molar-refractivity contribution >= 4 is 16.8 Å². The lowest BCUT2D eigenvalue weighted by Gasteiger charge is -2.27. The van der Waals surface area contributed by atoms with Gasteiger partial charge in [0.05, 0.1) is 5.41 Å². The SMILES string of the molecule is CC(C)CC(C)(C(=O)Cl)c1ccccc1. The lowest BCUT2D eigenvalue weighted by molar-refractivity contribution is -0.116. The largest absolute Gasteiger partial charge is 0.280 e. The second-order valence-corrected chi connectivity index (χ2v) is 4.91. The second kappa shape index (κ2) is 4.80. The molecule has 0 N–H and O–H groups in total. The van der Waals surface area contributed by atoms with E-state index in [1.807, 2.05) is 37.3 Å². The van der Waals surface area contributed by atoms with Crippen molar-refractivity contribution in [2.75, 3.05) is 0 Å². The normalized spacial score (nSPS) is 15.0. The maximum Gasteiger partial charge on any atom is 0.231 e. The smallest absolute Gasteiger partial charge is 0.231 e. The van der Waals surface area contributed by atoms with Crippen molar-refractivity contribution < 1.29 is 4.79 Å². The third-order valence-corrected chi connectivity index (χ3v) is 3.08. The van der Waals surface area contributed by atoms with Gasteiger partial charge in [0, 0.05) is 0 Å². The first kappa shape index (κ1) is 12.3. The summed E-state index contributed by atoms with van der Waals surface area (Å²) in [6.45, 7) is 6.11. The summed E-state index contributed by atoms with van der Waals surface area (Å²) in [6, 6.07) is 9.74. The Morgan fingerprint density at radius 3 is 2.27 bits per heavy atom. The van der Waals surface area contributed by atoms with Gasteiger partial charge in [0.15, 0.2) is 0 Å². The van der Waals surface area contributed by atoms with Crippen LogP contribution in [0.15, 0.2) is 30.3 Å². The minimum atomic E-state index is -0.559. The zero-order chi connectivity index (χ0) is 11.5.